The number of benzene rings is 2. The highest BCUT2D eigenvalue weighted by Gasteiger charge is 2.07. The third-order valence-corrected chi connectivity index (χ3v) is 4.05. The summed E-state index contributed by atoms with van der Waals surface area (Å²) in [5.41, 5.74) is 0.610. The predicted octanol–water partition coefficient (Wildman–Crippen LogP) is 4.71. The number of nitrogens with one attached hydrogen (secondary N) is 1. The summed E-state index contributed by atoms with van der Waals surface area (Å²) >= 11 is 17.5. The van der Waals surface area contributed by atoms with Crippen LogP contribution in [-0.2, 0) is 6.61 Å². The molecule has 24 heavy (non-hydrogen) atoms. The van der Waals surface area contributed by atoms with Crippen molar-refractivity contribution in [2.45, 2.75) is 6.61 Å². The fourth-order valence-electron chi connectivity index (χ4n) is 1.95. The minimum atomic E-state index is 0.213. The Morgan fingerprint density at radius 2 is 1.83 bits per heavy atom. The van der Waals surface area contributed by atoms with E-state index in [1.165, 1.54) is 4.68 Å². The van der Waals surface area contributed by atoms with Crippen LogP contribution in [0, 0.1) is 4.77 Å². The normalized spacial score (nSPS) is 11.1. The van der Waals surface area contributed by atoms with Gasteiger partial charge in [-0.05, 0) is 36.5 Å². The maximum absolute atomic E-state index is 6.13. The summed E-state index contributed by atoms with van der Waals surface area (Å²) < 4.78 is 7.49. The Hall–Kier alpha value is -2.15. The maximum atomic E-state index is 6.13. The Labute approximate surface area is 153 Å². The molecule has 0 radical (unpaired) electrons. The standard InChI is InChI=1S/C16H12Cl2N4OS/c17-13-7-4-8-14(18)12(13)9-19-22-15(20-21-16(22)24)10-23-11-5-2-1-3-6-11/h1-9H,10H2,(H,21,24). The van der Waals surface area contributed by atoms with E-state index in [0.29, 0.717) is 26.2 Å². The Morgan fingerprint density at radius 1 is 1.12 bits per heavy atom. The van der Waals surface area contributed by atoms with Crippen LogP contribution in [0.5, 0.6) is 5.75 Å². The van der Waals surface area contributed by atoms with Crippen LogP contribution in [0.15, 0.2) is 53.6 Å². The van der Waals surface area contributed by atoms with E-state index in [4.69, 9.17) is 40.2 Å². The van der Waals surface area contributed by atoms with Crippen molar-refractivity contribution >= 4 is 41.6 Å². The van der Waals surface area contributed by atoms with Crippen molar-refractivity contribution in [2.75, 3.05) is 0 Å². The first kappa shape index (κ1) is 16.7. The third-order valence-electron chi connectivity index (χ3n) is 3.13. The molecule has 0 amide bonds. The molecule has 5 nitrogen and oxygen atoms in total. The third kappa shape index (κ3) is 3.84. The number of rotatable bonds is 5. The average Bonchev–Trinajstić information content (AvgIpc) is 2.94. The van der Waals surface area contributed by atoms with Crippen molar-refractivity contribution in [1.82, 2.24) is 14.9 Å². The lowest BCUT2D eigenvalue weighted by molar-refractivity contribution is 0.290. The van der Waals surface area contributed by atoms with Gasteiger partial charge in [-0.25, -0.2) is 5.10 Å². The highest BCUT2D eigenvalue weighted by molar-refractivity contribution is 7.71. The van der Waals surface area contributed by atoms with Gasteiger partial charge in [-0.2, -0.15) is 14.9 Å². The van der Waals surface area contributed by atoms with Crippen molar-refractivity contribution in [2.24, 2.45) is 5.10 Å². The Kier molecular flexibility index (Phi) is 5.30. The molecule has 0 bridgehead atoms. The predicted molar refractivity (Wildman–Crippen MR) is 97.6 cm³/mol. The molecule has 122 valence electrons. The van der Waals surface area contributed by atoms with Gasteiger partial charge < -0.3 is 4.74 Å². The number of hydrogen-bond acceptors (Lipinski definition) is 4. The number of H-pyrrole nitrogens is 1. The number of para-hydroxylation sites is 1. The second-order valence-electron chi connectivity index (χ2n) is 4.74. The summed E-state index contributed by atoms with van der Waals surface area (Å²) in [6.45, 7) is 0.213. The summed E-state index contributed by atoms with van der Waals surface area (Å²) in [7, 11) is 0. The molecule has 0 aliphatic heterocycles. The van der Waals surface area contributed by atoms with E-state index < -0.39 is 0 Å². The highest BCUT2D eigenvalue weighted by atomic mass is 35.5. The van der Waals surface area contributed by atoms with Crippen LogP contribution in [-0.4, -0.2) is 21.1 Å². The van der Waals surface area contributed by atoms with Crippen molar-refractivity contribution in [1.29, 1.82) is 0 Å². The molecule has 0 spiro atoms. The van der Waals surface area contributed by atoms with Crippen molar-refractivity contribution < 1.29 is 4.74 Å². The summed E-state index contributed by atoms with van der Waals surface area (Å²) in [5.74, 6) is 1.26. The van der Waals surface area contributed by atoms with Crippen LogP contribution in [0.3, 0.4) is 0 Å². The Bertz CT molecular complexity index is 901. The molecule has 2 aromatic carbocycles. The van der Waals surface area contributed by atoms with Crippen LogP contribution in [0.4, 0.5) is 0 Å². The molecule has 0 unspecified atom stereocenters. The molecule has 3 rings (SSSR count). The molecule has 1 aromatic heterocycles. The van der Waals surface area contributed by atoms with Gasteiger partial charge in [0.25, 0.3) is 0 Å². The van der Waals surface area contributed by atoms with Crippen LogP contribution in [0.1, 0.15) is 11.4 Å². The maximum Gasteiger partial charge on any atom is 0.216 e. The molecule has 0 saturated heterocycles. The minimum absolute atomic E-state index is 0.213. The average molecular weight is 379 g/mol. The van der Waals surface area contributed by atoms with Crippen LogP contribution < -0.4 is 4.74 Å². The van der Waals surface area contributed by atoms with E-state index in [9.17, 15) is 0 Å². The molecular weight excluding hydrogens is 367 g/mol. The zero-order valence-corrected chi connectivity index (χ0v) is 14.6. The van der Waals surface area contributed by atoms with E-state index in [2.05, 4.69) is 15.3 Å². The van der Waals surface area contributed by atoms with E-state index >= 15 is 0 Å². The fourth-order valence-corrected chi connectivity index (χ4v) is 2.64. The summed E-state index contributed by atoms with van der Waals surface area (Å²) in [4.78, 5) is 0. The molecule has 1 heterocycles. The van der Waals surface area contributed by atoms with Gasteiger partial charge >= 0.3 is 0 Å². The van der Waals surface area contributed by atoms with Crippen molar-refractivity contribution in [3.63, 3.8) is 0 Å². The Balaban J connectivity index is 1.83. The van der Waals surface area contributed by atoms with Gasteiger partial charge in [0.15, 0.2) is 5.82 Å². The van der Waals surface area contributed by atoms with E-state index in [1.54, 1.807) is 24.4 Å². The van der Waals surface area contributed by atoms with Gasteiger partial charge in [-0.15, -0.1) is 0 Å². The quantitative estimate of drug-likeness (QED) is 0.516. The lowest BCUT2D eigenvalue weighted by Gasteiger charge is -2.05. The topological polar surface area (TPSA) is 55.2 Å². The second kappa shape index (κ2) is 7.61. The molecule has 1 N–H and O–H groups in total. The lowest BCUT2D eigenvalue weighted by Crippen LogP contribution is -2.04. The lowest BCUT2D eigenvalue weighted by atomic mass is 10.2. The first-order valence-electron chi connectivity index (χ1n) is 6.97. The molecule has 0 aliphatic carbocycles. The molecule has 0 aliphatic rings. The summed E-state index contributed by atoms with van der Waals surface area (Å²) in [5, 5.41) is 12.1. The molecule has 3 aromatic rings. The van der Waals surface area contributed by atoms with Gasteiger partial charge in [0.2, 0.25) is 4.77 Å². The highest BCUT2D eigenvalue weighted by Crippen LogP contribution is 2.22. The van der Waals surface area contributed by atoms with Crippen LogP contribution >= 0.6 is 35.4 Å². The molecular formula is C16H12Cl2N4OS. The molecule has 0 atom stereocenters. The molecule has 0 fully saturated rings. The number of ether oxygens (including phenoxy) is 1. The smallest absolute Gasteiger partial charge is 0.216 e. The SMILES string of the molecule is S=c1[nH]nc(COc2ccccc2)n1N=Cc1c(Cl)cccc1Cl. The largest absolute Gasteiger partial charge is 0.486 e. The monoisotopic (exact) mass is 378 g/mol. The van der Waals surface area contributed by atoms with Crippen LogP contribution in [0.2, 0.25) is 10.0 Å². The van der Waals surface area contributed by atoms with Gasteiger partial charge in [0.05, 0.1) is 16.3 Å². The Morgan fingerprint density at radius 3 is 2.54 bits per heavy atom. The zero-order chi connectivity index (χ0) is 16.9. The number of halogens is 2. The van der Waals surface area contributed by atoms with E-state index in [1.807, 2.05) is 30.3 Å². The molecule has 0 saturated carbocycles. The van der Waals surface area contributed by atoms with Gasteiger partial charge in [-0.3, -0.25) is 0 Å². The fraction of sp³-hybridized carbons (Fsp3) is 0.0625. The van der Waals surface area contributed by atoms with Gasteiger partial charge in [-0.1, -0.05) is 47.5 Å². The number of nitrogens with zero attached hydrogens (tertiary/aromatic N) is 3. The summed E-state index contributed by atoms with van der Waals surface area (Å²) in [6, 6.07) is 14.7. The molecule has 8 heteroatoms. The zero-order valence-electron chi connectivity index (χ0n) is 12.3. The van der Waals surface area contributed by atoms with E-state index in [0.717, 1.165) is 5.75 Å². The number of aromatic nitrogens is 3. The van der Waals surface area contributed by atoms with Gasteiger partial charge in [0.1, 0.15) is 12.4 Å². The van der Waals surface area contributed by atoms with Crippen molar-refractivity contribution in [3.8, 4) is 5.75 Å². The van der Waals surface area contributed by atoms with Crippen LogP contribution in [0.25, 0.3) is 0 Å². The van der Waals surface area contributed by atoms with Crippen molar-refractivity contribution in [3.05, 3.63) is 74.7 Å². The second-order valence-corrected chi connectivity index (χ2v) is 5.94. The first-order valence-corrected chi connectivity index (χ1v) is 8.14. The number of aromatic amines is 1. The minimum Gasteiger partial charge on any atom is -0.486 e. The van der Waals surface area contributed by atoms with E-state index in [-0.39, 0.29) is 6.61 Å². The summed E-state index contributed by atoms with van der Waals surface area (Å²) in [6.07, 6.45) is 1.54. The van der Waals surface area contributed by atoms with Gasteiger partial charge in [0, 0.05) is 5.56 Å². The number of hydrogen-bond donors (Lipinski definition) is 1. The first-order chi connectivity index (χ1) is 11.6.